The molecule has 0 aliphatic heterocycles. The van der Waals surface area contributed by atoms with Gasteiger partial charge in [-0.2, -0.15) is 5.10 Å². The van der Waals surface area contributed by atoms with E-state index in [-0.39, 0.29) is 16.9 Å². The minimum absolute atomic E-state index is 0.0382. The minimum Gasteiger partial charge on any atom is -0.473 e. The van der Waals surface area contributed by atoms with Crippen LogP contribution in [0.5, 0.6) is 5.88 Å². The SMILES string of the molecule is O=C1CCC(Oc2ncnc(-n3cncn3)c2Cl)CC1. The lowest BCUT2D eigenvalue weighted by molar-refractivity contribution is -0.121. The maximum absolute atomic E-state index is 11.2. The van der Waals surface area contributed by atoms with Gasteiger partial charge in [0, 0.05) is 12.8 Å². The number of carbonyl (C=O) groups excluding carboxylic acids is 1. The van der Waals surface area contributed by atoms with Gasteiger partial charge in [0.05, 0.1) is 0 Å². The molecule has 0 atom stereocenters. The number of ether oxygens (including phenoxy) is 1. The summed E-state index contributed by atoms with van der Waals surface area (Å²) in [5, 5.41) is 4.26. The molecular weight excluding hydrogens is 282 g/mol. The summed E-state index contributed by atoms with van der Waals surface area (Å²) in [6.07, 6.45) is 6.70. The van der Waals surface area contributed by atoms with Crippen molar-refractivity contribution in [2.75, 3.05) is 0 Å². The molecule has 2 aromatic heterocycles. The Kier molecular flexibility index (Phi) is 3.60. The lowest BCUT2D eigenvalue weighted by Crippen LogP contribution is -2.24. The first-order chi connectivity index (χ1) is 9.74. The first-order valence-corrected chi connectivity index (χ1v) is 6.65. The molecule has 1 fully saturated rings. The summed E-state index contributed by atoms with van der Waals surface area (Å²) in [5.41, 5.74) is 0. The van der Waals surface area contributed by atoms with Crippen LogP contribution in [0.2, 0.25) is 5.02 Å². The predicted molar refractivity (Wildman–Crippen MR) is 69.9 cm³/mol. The molecule has 3 rings (SSSR count). The molecule has 1 aliphatic carbocycles. The van der Waals surface area contributed by atoms with Crippen LogP contribution in [0, 0.1) is 0 Å². The summed E-state index contributed by atoms with van der Waals surface area (Å²) in [5.74, 6) is 1.01. The molecule has 0 N–H and O–H groups in total. The van der Waals surface area contributed by atoms with Crippen LogP contribution in [-0.2, 0) is 4.79 Å². The highest BCUT2D eigenvalue weighted by atomic mass is 35.5. The summed E-state index contributed by atoms with van der Waals surface area (Å²) in [6, 6.07) is 0. The first kappa shape index (κ1) is 13.0. The maximum atomic E-state index is 11.2. The van der Waals surface area contributed by atoms with Gasteiger partial charge < -0.3 is 4.74 Å². The van der Waals surface area contributed by atoms with Gasteiger partial charge in [0.25, 0.3) is 0 Å². The fourth-order valence-corrected chi connectivity index (χ4v) is 2.32. The van der Waals surface area contributed by atoms with Crippen LogP contribution < -0.4 is 4.74 Å². The monoisotopic (exact) mass is 293 g/mol. The Labute approximate surface area is 120 Å². The van der Waals surface area contributed by atoms with Crippen molar-refractivity contribution in [1.82, 2.24) is 24.7 Å². The number of carbonyl (C=O) groups is 1. The van der Waals surface area contributed by atoms with E-state index in [4.69, 9.17) is 16.3 Å². The third-order valence-electron chi connectivity index (χ3n) is 3.14. The van der Waals surface area contributed by atoms with Crippen molar-refractivity contribution in [3.8, 4) is 11.7 Å². The summed E-state index contributed by atoms with van der Waals surface area (Å²) < 4.78 is 7.22. The quantitative estimate of drug-likeness (QED) is 0.855. The summed E-state index contributed by atoms with van der Waals surface area (Å²) in [7, 11) is 0. The second-order valence-corrected chi connectivity index (χ2v) is 4.89. The van der Waals surface area contributed by atoms with Gasteiger partial charge in [0.2, 0.25) is 5.88 Å². The number of hydrogen-bond donors (Lipinski definition) is 0. The van der Waals surface area contributed by atoms with Gasteiger partial charge in [-0.25, -0.2) is 19.6 Å². The van der Waals surface area contributed by atoms with Gasteiger partial charge in [0.1, 0.15) is 35.9 Å². The third kappa shape index (κ3) is 2.62. The number of halogens is 1. The molecule has 0 saturated heterocycles. The molecule has 0 aromatic carbocycles. The molecule has 1 aliphatic rings. The van der Waals surface area contributed by atoms with Crippen LogP contribution in [0.15, 0.2) is 19.0 Å². The van der Waals surface area contributed by atoms with Crippen molar-refractivity contribution in [1.29, 1.82) is 0 Å². The molecule has 7 nitrogen and oxygen atoms in total. The van der Waals surface area contributed by atoms with Crippen molar-refractivity contribution >= 4 is 17.4 Å². The Bertz CT molecular complexity index is 606. The van der Waals surface area contributed by atoms with E-state index in [1.54, 1.807) is 0 Å². The highest BCUT2D eigenvalue weighted by Crippen LogP contribution is 2.29. The van der Waals surface area contributed by atoms with E-state index in [0.29, 0.717) is 37.4 Å². The molecular formula is C12H12ClN5O2. The van der Waals surface area contributed by atoms with Crippen molar-refractivity contribution in [2.45, 2.75) is 31.8 Å². The Hall–Kier alpha value is -2.02. The standard InChI is InChI=1S/C12H12ClN5O2/c13-10-11(18-7-14-5-17-18)15-6-16-12(10)20-9-3-1-8(19)2-4-9/h5-7,9H,1-4H2. The van der Waals surface area contributed by atoms with Crippen LogP contribution in [0.25, 0.3) is 5.82 Å². The smallest absolute Gasteiger partial charge is 0.238 e. The Morgan fingerprint density at radius 3 is 2.75 bits per heavy atom. The molecule has 0 spiro atoms. The second kappa shape index (κ2) is 5.54. The maximum Gasteiger partial charge on any atom is 0.238 e. The number of Topliss-reactive ketones (excluding diaryl/α,β-unsaturated/α-hetero) is 1. The molecule has 0 amide bonds. The van der Waals surface area contributed by atoms with Crippen LogP contribution in [-0.4, -0.2) is 36.6 Å². The van der Waals surface area contributed by atoms with E-state index in [1.165, 1.54) is 23.7 Å². The molecule has 2 aromatic rings. The summed E-state index contributed by atoms with van der Waals surface area (Å²) in [4.78, 5) is 23.2. The lowest BCUT2D eigenvalue weighted by atomic mass is 9.96. The summed E-state index contributed by atoms with van der Waals surface area (Å²) in [6.45, 7) is 0. The van der Waals surface area contributed by atoms with E-state index in [1.807, 2.05) is 0 Å². The molecule has 1 saturated carbocycles. The number of hydrogen-bond acceptors (Lipinski definition) is 6. The fraction of sp³-hybridized carbons (Fsp3) is 0.417. The zero-order valence-corrected chi connectivity index (χ0v) is 11.3. The topological polar surface area (TPSA) is 82.8 Å². The Morgan fingerprint density at radius 1 is 1.25 bits per heavy atom. The molecule has 8 heteroatoms. The van der Waals surface area contributed by atoms with E-state index >= 15 is 0 Å². The van der Waals surface area contributed by atoms with Crippen molar-refractivity contribution in [3.63, 3.8) is 0 Å². The van der Waals surface area contributed by atoms with Gasteiger partial charge in [-0.1, -0.05) is 11.6 Å². The van der Waals surface area contributed by atoms with Crippen molar-refractivity contribution < 1.29 is 9.53 Å². The first-order valence-electron chi connectivity index (χ1n) is 6.28. The summed E-state index contributed by atoms with van der Waals surface area (Å²) >= 11 is 6.24. The van der Waals surface area contributed by atoms with Gasteiger partial charge in [-0.15, -0.1) is 0 Å². The van der Waals surface area contributed by atoms with Crippen molar-refractivity contribution in [3.05, 3.63) is 24.0 Å². The van der Waals surface area contributed by atoms with E-state index in [2.05, 4.69) is 20.1 Å². The number of rotatable bonds is 3. The predicted octanol–water partition coefficient (Wildman–Crippen LogP) is 1.60. The minimum atomic E-state index is -0.0382. The van der Waals surface area contributed by atoms with Crippen LogP contribution in [0.4, 0.5) is 0 Å². The largest absolute Gasteiger partial charge is 0.473 e. The lowest BCUT2D eigenvalue weighted by Gasteiger charge is -2.22. The normalized spacial score (nSPS) is 16.4. The molecule has 2 heterocycles. The van der Waals surface area contributed by atoms with Crippen molar-refractivity contribution in [2.24, 2.45) is 0 Å². The van der Waals surface area contributed by atoms with E-state index in [9.17, 15) is 4.79 Å². The average Bonchev–Trinajstić information content (AvgIpc) is 2.97. The molecule has 104 valence electrons. The second-order valence-electron chi connectivity index (χ2n) is 4.51. The fourth-order valence-electron chi connectivity index (χ4n) is 2.09. The number of ketones is 1. The Balaban J connectivity index is 1.80. The van der Waals surface area contributed by atoms with Crippen LogP contribution in [0.3, 0.4) is 0 Å². The highest BCUT2D eigenvalue weighted by molar-refractivity contribution is 6.33. The molecule has 20 heavy (non-hydrogen) atoms. The molecule has 0 bridgehead atoms. The van der Waals surface area contributed by atoms with E-state index < -0.39 is 0 Å². The third-order valence-corrected chi connectivity index (χ3v) is 3.47. The average molecular weight is 294 g/mol. The molecule has 0 radical (unpaired) electrons. The number of aromatic nitrogens is 5. The van der Waals surface area contributed by atoms with Crippen LogP contribution in [0.1, 0.15) is 25.7 Å². The van der Waals surface area contributed by atoms with Gasteiger partial charge in [0.15, 0.2) is 5.82 Å². The zero-order valence-electron chi connectivity index (χ0n) is 10.6. The Morgan fingerprint density at radius 2 is 2.05 bits per heavy atom. The van der Waals surface area contributed by atoms with Crippen LogP contribution >= 0.6 is 11.6 Å². The van der Waals surface area contributed by atoms with Gasteiger partial charge >= 0.3 is 0 Å². The zero-order chi connectivity index (χ0) is 13.9. The number of nitrogens with zero attached hydrogens (tertiary/aromatic N) is 5. The highest BCUT2D eigenvalue weighted by Gasteiger charge is 2.22. The van der Waals surface area contributed by atoms with Gasteiger partial charge in [-0.05, 0) is 12.8 Å². The molecule has 0 unspecified atom stereocenters. The van der Waals surface area contributed by atoms with E-state index in [0.717, 1.165) is 0 Å². The van der Waals surface area contributed by atoms with Gasteiger partial charge in [-0.3, -0.25) is 4.79 Å².